The Kier molecular flexibility index (Phi) is 26.5. The number of ether oxygens (including phenoxy) is 11. The fourth-order valence-electron chi connectivity index (χ4n) is 6.35. The van der Waals surface area contributed by atoms with Gasteiger partial charge in [0, 0.05) is 52.2 Å². The maximum Gasteiger partial charge on any atom is 0.407 e. The van der Waals surface area contributed by atoms with Gasteiger partial charge in [-0.3, -0.25) is 33.6 Å². The summed E-state index contributed by atoms with van der Waals surface area (Å²) in [6.07, 6.45) is -7.99. The van der Waals surface area contributed by atoms with Gasteiger partial charge in [0.1, 0.15) is 17.8 Å². The van der Waals surface area contributed by atoms with E-state index in [4.69, 9.17) is 63.7 Å². The zero-order valence-corrected chi connectivity index (χ0v) is 40.9. The molecule has 388 valence electrons. The Morgan fingerprint density at radius 1 is 0.739 bits per heavy atom. The standard InChI is InChI=1S/C44H65ClN4O20/c1-27(50)63-26-37(56)49-38-33(65-28(2)51)24-44(41(57)59-8,64-22-21-62-20-19-61-17-14-46-35(54)13-16-60-18-15-47-42(58)69-43(5,6)7)68-40(38)39(67-30(4)53)34(66-29(3)52)25-48-36(55)23-31-9-11-32(45)12-10-31/h9-12,33-34,38-40H,13-26H2,1-8H3,(H,46,54)(H,47,58)(H,48,55)(H,49,56)/t33-,34+,38+,39+,40+,44+/m0/s1. The Labute approximate surface area is 404 Å². The highest BCUT2D eigenvalue weighted by Crippen LogP contribution is 2.37. The molecule has 4 N–H and O–H groups in total. The molecule has 0 spiro atoms. The minimum Gasteiger partial charge on any atom is -0.465 e. The highest BCUT2D eigenvalue weighted by atomic mass is 35.5. The van der Waals surface area contributed by atoms with Crippen LogP contribution in [-0.4, -0.2) is 175 Å². The second kappa shape index (κ2) is 30.7. The van der Waals surface area contributed by atoms with E-state index in [-0.39, 0.29) is 78.1 Å². The highest BCUT2D eigenvalue weighted by Gasteiger charge is 2.59. The topological polar surface area (TPSA) is 303 Å². The van der Waals surface area contributed by atoms with E-state index < -0.39 is 109 Å². The van der Waals surface area contributed by atoms with E-state index in [1.54, 1.807) is 45.0 Å². The van der Waals surface area contributed by atoms with Crippen LogP contribution < -0.4 is 21.3 Å². The van der Waals surface area contributed by atoms with Crippen LogP contribution in [-0.2, 0) is 96.9 Å². The molecule has 2 rings (SSSR count). The van der Waals surface area contributed by atoms with Crippen LogP contribution in [0, 0.1) is 0 Å². The maximum atomic E-state index is 13.7. The van der Waals surface area contributed by atoms with E-state index in [1.165, 1.54) is 0 Å². The van der Waals surface area contributed by atoms with Gasteiger partial charge in [-0.05, 0) is 38.5 Å². The minimum atomic E-state index is -2.48. The van der Waals surface area contributed by atoms with Crippen LogP contribution in [0.25, 0.3) is 0 Å². The zero-order chi connectivity index (χ0) is 51.6. The Morgan fingerprint density at radius 3 is 1.94 bits per heavy atom. The monoisotopic (exact) mass is 1000 g/mol. The molecule has 1 aromatic rings. The third-order valence-corrected chi connectivity index (χ3v) is 9.33. The number of nitrogens with one attached hydrogen (secondary N) is 4. The van der Waals surface area contributed by atoms with Crippen LogP contribution in [0.5, 0.6) is 0 Å². The summed E-state index contributed by atoms with van der Waals surface area (Å²) in [6.45, 7) is 8.51. The Morgan fingerprint density at radius 2 is 1.35 bits per heavy atom. The number of methoxy groups -OCH3 is 1. The molecule has 1 aromatic carbocycles. The predicted molar refractivity (Wildman–Crippen MR) is 238 cm³/mol. The number of hydrogen-bond donors (Lipinski definition) is 4. The largest absolute Gasteiger partial charge is 0.465 e. The number of esters is 5. The number of amides is 4. The van der Waals surface area contributed by atoms with Gasteiger partial charge in [0.15, 0.2) is 18.8 Å². The first-order chi connectivity index (χ1) is 32.5. The Balaban J connectivity index is 2.18. The van der Waals surface area contributed by atoms with Crippen LogP contribution >= 0.6 is 11.6 Å². The third-order valence-electron chi connectivity index (χ3n) is 9.08. The number of carbonyl (C=O) groups excluding carboxylic acids is 9. The highest BCUT2D eigenvalue weighted by molar-refractivity contribution is 6.30. The van der Waals surface area contributed by atoms with Crippen molar-refractivity contribution in [3.05, 3.63) is 34.9 Å². The molecule has 1 aliphatic heterocycles. The number of carbonyl (C=O) groups is 9. The first-order valence-corrected chi connectivity index (χ1v) is 22.2. The smallest absolute Gasteiger partial charge is 0.407 e. The number of hydrogen-bond acceptors (Lipinski definition) is 20. The molecule has 1 aliphatic rings. The van der Waals surface area contributed by atoms with Gasteiger partial charge in [0.2, 0.25) is 11.8 Å². The molecule has 0 radical (unpaired) electrons. The minimum absolute atomic E-state index is 0.0338. The summed E-state index contributed by atoms with van der Waals surface area (Å²) in [5, 5.41) is 10.8. The zero-order valence-electron chi connectivity index (χ0n) is 40.1. The average molecular weight is 1010 g/mol. The number of benzene rings is 1. The van der Waals surface area contributed by atoms with E-state index in [9.17, 15) is 43.2 Å². The molecular weight excluding hydrogens is 940 g/mol. The summed E-state index contributed by atoms with van der Waals surface area (Å²) in [6, 6.07) is 4.87. The predicted octanol–water partition coefficient (Wildman–Crippen LogP) is 0.597. The third kappa shape index (κ3) is 24.5. The van der Waals surface area contributed by atoms with Gasteiger partial charge in [0.05, 0.1) is 78.8 Å². The van der Waals surface area contributed by atoms with Crippen LogP contribution in [0.2, 0.25) is 5.02 Å². The first kappa shape index (κ1) is 59.5. The normalized spacial score (nSPS) is 18.5. The van der Waals surface area contributed by atoms with Crippen molar-refractivity contribution >= 4 is 65.3 Å². The lowest BCUT2D eigenvalue weighted by atomic mass is 9.87. The Hall–Kier alpha value is -5.66. The van der Waals surface area contributed by atoms with E-state index in [2.05, 4.69) is 21.3 Å². The van der Waals surface area contributed by atoms with Crippen LogP contribution in [0.3, 0.4) is 0 Å². The van der Waals surface area contributed by atoms with Gasteiger partial charge < -0.3 is 73.4 Å². The van der Waals surface area contributed by atoms with Gasteiger partial charge in [-0.1, -0.05) is 23.7 Å². The quantitative estimate of drug-likeness (QED) is 0.0485. The molecule has 0 aliphatic carbocycles. The molecule has 6 atom stereocenters. The second-order valence-corrected chi connectivity index (χ2v) is 16.5. The molecule has 0 saturated carbocycles. The SMILES string of the molecule is COC(=O)[C@@]1(OCCOCCOCCNC(=O)CCOCCNC(=O)OC(C)(C)C)C[C@H](OC(C)=O)[C@@H](NC(=O)COC(C)=O)[C@H]([C@H](OC(C)=O)[C@@H](CNC(=O)Cc2ccc(Cl)cc2)OC(C)=O)O1. The van der Waals surface area contributed by atoms with Crippen LogP contribution in [0.4, 0.5) is 4.79 Å². The summed E-state index contributed by atoms with van der Waals surface area (Å²) in [5.41, 5.74) is -0.0449. The van der Waals surface area contributed by atoms with Crippen molar-refractivity contribution < 1.29 is 95.3 Å². The van der Waals surface area contributed by atoms with Crippen molar-refractivity contribution in [2.75, 3.05) is 79.6 Å². The van der Waals surface area contributed by atoms with Crippen molar-refractivity contribution in [1.82, 2.24) is 21.3 Å². The molecular formula is C44H65ClN4O20. The summed E-state index contributed by atoms with van der Waals surface area (Å²) < 4.78 is 60.6. The molecule has 1 fully saturated rings. The van der Waals surface area contributed by atoms with E-state index in [1.807, 2.05) is 0 Å². The van der Waals surface area contributed by atoms with Crippen molar-refractivity contribution in [1.29, 1.82) is 0 Å². The number of alkyl carbamates (subject to hydrolysis) is 1. The molecule has 0 aromatic heterocycles. The van der Waals surface area contributed by atoms with Crippen molar-refractivity contribution in [2.24, 2.45) is 0 Å². The lowest BCUT2D eigenvalue weighted by molar-refractivity contribution is -0.315. The van der Waals surface area contributed by atoms with Gasteiger partial charge >= 0.3 is 35.9 Å². The first-order valence-electron chi connectivity index (χ1n) is 21.9. The van der Waals surface area contributed by atoms with E-state index >= 15 is 0 Å². The van der Waals surface area contributed by atoms with Crippen LogP contribution in [0.1, 0.15) is 66.9 Å². The maximum absolute atomic E-state index is 13.7. The van der Waals surface area contributed by atoms with E-state index in [0.717, 1.165) is 34.8 Å². The average Bonchev–Trinajstić information content (AvgIpc) is 3.25. The summed E-state index contributed by atoms with van der Waals surface area (Å²) >= 11 is 5.97. The summed E-state index contributed by atoms with van der Waals surface area (Å²) in [4.78, 5) is 113. The van der Waals surface area contributed by atoms with Crippen molar-refractivity contribution in [3.8, 4) is 0 Å². The molecule has 24 nitrogen and oxygen atoms in total. The van der Waals surface area contributed by atoms with E-state index in [0.29, 0.717) is 10.6 Å². The molecule has 0 bridgehead atoms. The van der Waals surface area contributed by atoms with Crippen molar-refractivity contribution in [3.63, 3.8) is 0 Å². The molecule has 25 heteroatoms. The molecule has 1 heterocycles. The number of halogens is 1. The summed E-state index contributed by atoms with van der Waals surface area (Å²) in [5.74, 6) is -9.00. The molecule has 4 amide bonds. The lowest BCUT2D eigenvalue weighted by Crippen LogP contribution is -2.70. The Bertz CT molecular complexity index is 1860. The van der Waals surface area contributed by atoms with Gasteiger partial charge in [0.25, 0.3) is 11.7 Å². The fraction of sp³-hybridized carbons (Fsp3) is 0.659. The van der Waals surface area contributed by atoms with Crippen molar-refractivity contribution in [2.45, 2.75) is 110 Å². The van der Waals surface area contributed by atoms with Crippen LogP contribution in [0.15, 0.2) is 24.3 Å². The molecule has 69 heavy (non-hydrogen) atoms. The lowest BCUT2D eigenvalue weighted by Gasteiger charge is -2.48. The molecule has 1 saturated heterocycles. The van der Waals surface area contributed by atoms with Gasteiger partial charge in [-0.15, -0.1) is 0 Å². The summed E-state index contributed by atoms with van der Waals surface area (Å²) in [7, 11) is 1.01. The molecule has 0 unspecified atom stereocenters. The number of rotatable bonds is 29. The van der Waals surface area contributed by atoms with Gasteiger partial charge in [-0.2, -0.15) is 0 Å². The fourth-order valence-corrected chi connectivity index (χ4v) is 6.47. The second-order valence-electron chi connectivity index (χ2n) is 16.1. The van der Waals surface area contributed by atoms with Gasteiger partial charge in [-0.25, -0.2) is 9.59 Å².